The molecule has 10 heteroatoms. The molecule has 0 radical (unpaired) electrons. The van der Waals surface area contributed by atoms with E-state index < -0.39 is 21.7 Å². The normalized spacial score (nSPS) is 12.5. The van der Waals surface area contributed by atoms with Crippen LogP contribution in [0.25, 0.3) is 17.3 Å². The van der Waals surface area contributed by atoms with Crippen molar-refractivity contribution in [3.63, 3.8) is 0 Å². The van der Waals surface area contributed by atoms with Gasteiger partial charge in [0.15, 0.2) is 27.2 Å². The van der Waals surface area contributed by atoms with Crippen LogP contribution in [0.15, 0.2) is 47.8 Å². The average molecular weight is 370 g/mol. The van der Waals surface area contributed by atoms with Crippen LogP contribution in [0.4, 0.5) is 13.2 Å². The Balaban J connectivity index is 2.18. The molecule has 0 saturated carbocycles. The Morgan fingerprint density at radius 2 is 1.72 bits per heavy atom. The van der Waals surface area contributed by atoms with E-state index in [4.69, 9.17) is 0 Å². The minimum absolute atomic E-state index is 0.00642. The van der Waals surface area contributed by atoms with Crippen molar-refractivity contribution in [2.24, 2.45) is 7.05 Å². The highest BCUT2D eigenvalue weighted by Crippen LogP contribution is 2.32. The first-order valence-corrected chi connectivity index (χ1v) is 8.91. The third kappa shape index (κ3) is 3.29. The predicted octanol–water partition coefficient (Wildman–Crippen LogP) is 2.70. The van der Waals surface area contributed by atoms with Gasteiger partial charge in [-0.3, -0.25) is 4.57 Å². The van der Waals surface area contributed by atoms with Crippen LogP contribution in [0.2, 0.25) is 0 Å². The van der Waals surface area contributed by atoms with Crippen molar-refractivity contribution in [1.82, 2.24) is 19.1 Å². The maximum absolute atomic E-state index is 13.1. The van der Waals surface area contributed by atoms with Crippen LogP contribution in [0, 0.1) is 0 Å². The van der Waals surface area contributed by atoms with E-state index in [2.05, 4.69) is 9.97 Å². The number of aryl methyl sites for hydroxylation is 1. The van der Waals surface area contributed by atoms with Gasteiger partial charge in [-0.15, -0.1) is 0 Å². The van der Waals surface area contributed by atoms with E-state index in [0.29, 0.717) is 5.69 Å². The lowest BCUT2D eigenvalue weighted by atomic mass is 10.3. The second-order valence-electron chi connectivity index (χ2n) is 5.45. The van der Waals surface area contributed by atoms with E-state index in [9.17, 15) is 21.6 Å². The number of imidazole rings is 2. The first-order chi connectivity index (χ1) is 11.6. The van der Waals surface area contributed by atoms with Crippen molar-refractivity contribution in [3.8, 4) is 17.3 Å². The largest absolute Gasteiger partial charge is 0.434 e. The van der Waals surface area contributed by atoms with Crippen LogP contribution in [-0.4, -0.2) is 33.8 Å². The molecule has 0 unspecified atom stereocenters. The van der Waals surface area contributed by atoms with E-state index in [0.717, 1.165) is 12.5 Å². The number of rotatable bonds is 3. The summed E-state index contributed by atoms with van der Waals surface area (Å²) in [5.41, 5.74) is -0.717. The molecular weight excluding hydrogens is 357 g/mol. The summed E-state index contributed by atoms with van der Waals surface area (Å²) in [7, 11) is -1.76. The lowest BCUT2D eigenvalue weighted by molar-refractivity contribution is -0.140. The lowest BCUT2D eigenvalue weighted by Gasteiger charge is -2.08. The first kappa shape index (κ1) is 17.2. The summed E-state index contributed by atoms with van der Waals surface area (Å²) in [5.74, 6) is 0.259. The molecule has 0 atom stereocenters. The molecule has 0 fully saturated rings. The number of sulfone groups is 1. The van der Waals surface area contributed by atoms with E-state index in [1.165, 1.54) is 35.0 Å². The molecule has 0 amide bonds. The fourth-order valence-electron chi connectivity index (χ4n) is 2.31. The zero-order chi connectivity index (χ0) is 18.4. The minimum Gasteiger partial charge on any atom is -0.331 e. The SMILES string of the molecule is Cn1ccnc1-c1nc(C(F)(F)F)cn1-c1ccc(S(C)(=O)=O)cc1. The maximum Gasteiger partial charge on any atom is 0.434 e. The zero-order valence-electron chi connectivity index (χ0n) is 13.2. The molecule has 2 aromatic heterocycles. The van der Waals surface area contributed by atoms with Crippen LogP contribution in [0.1, 0.15) is 5.69 Å². The van der Waals surface area contributed by atoms with E-state index >= 15 is 0 Å². The zero-order valence-corrected chi connectivity index (χ0v) is 14.0. The van der Waals surface area contributed by atoms with Crippen LogP contribution >= 0.6 is 0 Å². The number of benzene rings is 1. The van der Waals surface area contributed by atoms with Gasteiger partial charge in [0.25, 0.3) is 0 Å². The summed E-state index contributed by atoms with van der Waals surface area (Å²) < 4.78 is 65.1. The molecule has 25 heavy (non-hydrogen) atoms. The molecule has 0 aliphatic rings. The van der Waals surface area contributed by atoms with Crippen molar-refractivity contribution < 1.29 is 21.6 Å². The summed E-state index contributed by atoms with van der Waals surface area (Å²) in [6, 6.07) is 5.51. The van der Waals surface area contributed by atoms with Crippen molar-refractivity contribution in [1.29, 1.82) is 0 Å². The number of halogens is 3. The summed E-state index contributed by atoms with van der Waals surface area (Å²) in [6.07, 6.45) is 0.348. The Kier molecular flexibility index (Phi) is 3.94. The van der Waals surface area contributed by atoms with Crippen LogP contribution in [0.5, 0.6) is 0 Å². The molecule has 0 aliphatic heterocycles. The van der Waals surface area contributed by atoms with Crippen molar-refractivity contribution >= 4 is 9.84 Å². The van der Waals surface area contributed by atoms with Gasteiger partial charge in [0.2, 0.25) is 0 Å². The molecule has 3 aromatic rings. The third-order valence-corrected chi connectivity index (χ3v) is 4.69. The number of hydrogen-bond donors (Lipinski definition) is 0. The predicted molar refractivity (Wildman–Crippen MR) is 83.9 cm³/mol. The summed E-state index contributed by atoms with van der Waals surface area (Å²) in [4.78, 5) is 7.78. The van der Waals surface area contributed by atoms with E-state index in [1.54, 1.807) is 17.8 Å². The molecule has 0 bridgehead atoms. The van der Waals surface area contributed by atoms with Crippen molar-refractivity contribution in [2.45, 2.75) is 11.1 Å². The van der Waals surface area contributed by atoms with Gasteiger partial charge in [0.1, 0.15) is 0 Å². The van der Waals surface area contributed by atoms with Gasteiger partial charge >= 0.3 is 6.18 Å². The topological polar surface area (TPSA) is 69.8 Å². The van der Waals surface area contributed by atoms with E-state index in [1.807, 2.05) is 0 Å². The lowest BCUT2D eigenvalue weighted by Crippen LogP contribution is -2.05. The first-order valence-electron chi connectivity index (χ1n) is 7.02. The van der Waals surface area contributed by atoms with Gasteiger partial charge in [0, 0.05) is 37.6 Å². The number of nitrogens with zero attached hydrogens (tertiary/aromatic N) is 4. The van der Waals surface area contributed by atoms with Gasteiger partial charge in [-0.2, -0.15) is 13.2 Å². The molecule has 0 N–H and O–H groups in total. The standard InChI is InChI=1S/C15H13F3N4O2S/c1-21-8-7-19-13(21)14-20-12(15(16,17)18)9-22(14)10-3-5-11(6-4-10)25(2,23)24/h3-9H,1-2H3. The minimum atomic E-state index is -4.61. The van der Waals surface area contributed by atoms with Crippen LogP contribution < -0.4 is 0 Å². The Morgan fingerprint density at radius 3 is 2.20 bits per heavy atom. The van der Waals surface area contributed by atoms with Gasteiger partial charge < -0.3 is 4.57 Å². The molecule has 3 rings (SSSR count). The van der Waals surface area contributed by atoms with Gasteiger partial charge in [0.05, 0.1) is 4.90 Å². The maximum atomic E-state index is 13.1. The quantitative estimate of drug-likeness (QED) is 0.711. The van der Waals surface area contributed by atoms with Crippen LogP contribution in [-0.2, 0) is 23.1 Å². The Morgan fingerprint density at radius 1 is 1.08 bits per heavy atom. The van der Waals surface area contributed by atoms with Crippen molar-refractivity contribution in [2.75, 3.05) is 6.26 Å². The highest BCUT2D eigenvalue weighted by molar-refractivity contribution is 7.90. The van der Waals surface area contributed by atoms with Gasteiger partial charge in [-0.25, -0.2) is 18.4 Å². The molecule has 2 heterocycles. The molecule has 0 saturated heterocycles. The molecule has 132 valence electrons. The summed E-state index contributed by atoms with van der Waals surface area (Å²) in [6.45, 7) is 0. The average Bonchev–Trinajstić information content (AvgIpc) is 3.11. The smallest absolute Gasteiger partial charge is 0.331 e. The highest BCUT2D eigenvalue weighted by Gasteiger charge is 2.35. The molecule has 0 aliphatic carbocycles. The monoisotopic (exact) mass is 370 g/mol. The molecular formula is C15H13F3N4O2S. The Hall–Kier alpha value is -2.62. The number of aromatic nitrogens is 4. The van der Waals surface area contributed by atoms with Gasteiger partial charge in [-0.1, -0.05) is 0 Å². The second kappa shape index (κ2) is 5.73. The fourth-order valence-corrected chi connectivity index (χ4v) is 2.94. The molecule has 6 nitrogen and oxygen atoms in total. The highest BCUT2D eigenvalue weighted by atomic mass is 32.2. The number of hydrogen-bond acceptors (Lipinski definition) is 4. The van der Waals surface area contributed by atoms with Crippen LogP contribution in [0.3, 0.4) is 0 Å². The Labute approximate surface area is 141 Å². The second-order valence-corrected chi connectivity index (χ2v) is 7.46. The molecule has 1 aromatic carbocycles. The number of alkyl halides is 3. The van der Waals surface area contributed by atoms with Crippen molar-refractivity contribution in [3.05, 3.63) is 48.5 Å². The Bertz CT molecular complexity index is 1020. The summed E-state index contributed by atoms with van der Waals surface area (Å²) in [5, 5.41) is 0. The summed E-state index contributed by atoms with van der Waals surface area (Å²) >= 11 is 0. The fraction of sp³-hybridized carbons (Fsp3) is 0.200. The molecule has 0 spiro atoms. The van der Waals surface area contributed by atoms with E-state index in [-0.39, 0.29) is 16.5 Å². The van der Waals surface area contributed by atoms with Gasteiger partial charge in [-0.05, 0) is 24.3 Å². The third-order valence-electron chi connectivity index (χ3n) is 3.56.